The molecule has 0 aliphatic carbocycles. The molecule has 6 heterocycles. The molecule has 7 rings (SSSR count). The van der Waals surface area contributed by atoms with Gasteiger partial charge in [0.25, 0.3) is 11.4 Å². The minimum Gasteiger partial charge on any atom is -0.753 e. The van der Waals surface area contributed by atoms with E-state index in [0.29, 0.717) is 46.3 Å². The summed E-state index contributed by atoms with van der Waals surface area (Å²) in [4.78, 5) is 48.5. The van der Waals surface area contributed by atoms with Gasteiger partial charge < -0.3 is 30.4 Å². The fraction of sp³-hybridized carbons (Fsp3) is 0.255. The minimum atomic E-state index is -4.50. The van der Waals surface area contributed by atoms with Crippen LogP contribution in [0.4, 0.5) is 13.2 Å². The van der Waals surface area contributed by atoms with Crippen molar-refractivity contribution in [3.63, 3.8) is 0 Å². The van der Waals surface area contributed by atoms with Gasteiger partial charge in [-0.2, -0.15) is 18.3 Å². The van der Waals surface area contributed by atoms with Crippen LogP contribution in [0.3, 0.4) is 0 Å². The van der Waals surface area contributed by atoms with Gasteiger partial charge in [-0.05, 0) is 120 Å². The predicted molar refractivity (Wildman–Crippen MR) is 268 cm³/mol. The first kappa shape index (κ1) is 56.3. The van der Waals surface area contributed by atoms with E-state index >= 15 is 0 Å². The average Bonchev–Trinajstić information content (AvgIpc) is 4.13. The second-order valence-corrected chi connectivity index (χ2v) is 16.5. The van der Waals surface area contributed by atoms with Gasteiger partial charge in [-0.1, -0.05) is 82.4 Å². The molecular formula is C51H45F3N10O4RuS2. The SMILES string of the molecule is CCCCCCc1ccsc1-c1ccnc(-c2cc(C(F)(F)F)n[n-]2)c1.[C-]#[N+]/C(=C/c1ccnc(-c2cc(/C=C(/[N+]#[C-])C(=O)O)cc(-c3nc4ccccc4n3CCCCCC)n2)c1)C(=O)O.[N-]=C=S.[Ru+2]. The number of aryl methyl sites for hydroxylation is 2. The fourth-order valence-electron chi connectivity index (χ4n) is 7.15. The van der Waals surface area contributed by atoms with Gasteiger partial charge in [-0.3, -0.25) is 19.6 Å². The van der Waals surface area contributed by atoms with Crippen LogP contribution in [0.1, 0.15) is 87.6 Å². The van der Waals surface area contributed by atoms with E-state index in [-0.39, 0.29) is 25.2 Å². The molecule has 2 N–H and O–H groups in total. The molecule has 0 fully saturated rings. The number of unbranched alkanes of at least 4 members (excludes halogenated alkanes) is 6. The number of carboxylic acid groups (broad SMARTS) is 2. The topological polar surface area (TPSA) is 189 Å². The molecule has 0 unspecified atom stereocenters. The quantitative estimate of drug-likeness (QED) is 0.0208. The number of thiophene rings is 1. The Labute approximate surface area is 430 Å². The third-order valence-corrected chi connectivity index (χ3v) is 11.5. The summed E-state index contributed by atoms with van der Waals surface area (Å²) < 4.78 is 40.3. The zero-order valence-electron chi connectivity index (χ0n) is 38.4. The summed E-state index contributed by atoms with van der Waals surface area (Å²) in [5.74, 6) is -2.10. The van der Waals surface area contributed by atoms with Gasteiger partial charge in [0.2, 0.25) is 0 Å². The summed E-state index contributed by atoms with van der Waals surface area (Å²) in [7, 11) is 0. The molecule has 0 spiro atoms. The Kier molecular flexibility index (Phi) is 22.0. The van der Waals surface area contributed by atoms with Crippen LogP contribution in [0.2, 0.25) is 0 Å². The standard InChI is InChI=1S/C31H26N6O4.C19H19F3N3S.CNS.Ru/c1-4-5-6-9-14-37-28-11-8-7-10-22(28)36-29(37)25-18-21(19-27(33-3)31(40)41)17-24(35-25)23-15-20(12-13-34-23)16-26(32-2)30(38)39;1-2-3-4-5-6-13-8-10-26-18(13)14-7-9-23-15(11-14)16-12-17(25-24-16)19(20,21)22;2-1-3;/h7-8,10-13,15-19H,4-6,9,14H2,1H3,(H,38,39)(H,40,41);7-12H,2-6H2,1H3;;/q;2*-1;+2/b26-16+,27-19+;;;. The number of para-hydroxylation sites is 2. The molecule has 71 heavy (non-hydrogen) atoms. The monoisotopic (exact) mass is 1080 g/mol. The number of nitrogens with zero attached hydrogens (tertiary/aromatic N) is 10. The van der Waals surface area contributed by atoms with Crippen molar-refractivity contribution in [1.29, 1.82) is 0 Å². The predicted octanol–water partition coefficient (Wildman–Crippen LogP) is 13.1. The smallest absolute Gasteiger partial charge is 0.753 e. The number of hydrogen-bond acceptors (Lipinski definition) is 9. The number of rotatable bonds is 18. The molecule has 0 radical (unpaired) electrons. The fourth-order valence-corrected chi connectivity index (χ4v) is 8.10. The third-order valence-electron chi connectivity index (χ3n) is 10.5. The summed E-state index contributed by atoms with van der Waals surface area (Å²) in [6.45, 7) is 19.5. The number of fused-ring (bicyclic) bond motifs is 1. The molecule has 364 valence electrons. The number of imidazole rings is 1. The Morgan fingerprint density at radius 2 is 1.44 bits per heavy atom. The molecule has 7 aromatic rings. The van der Waals surface area contributed by atoms with E-state index in [2.05, 4.69) is 71.9 Å². The van der Waals surface area contributed by atoms with E-state index in [0.717, 1.165) is 66.1 Å². The van der Waals surface area contributed by atoms with Gasteiger partial charge in [0.05, 0.1) is 41.3 Å². The number of halogens is 3. The largest absolute Gasteiger partial charge is 2.00 e. The molecular weight excluding hydrogens is 1040 g/mol. The number of carbonyl (C=O) groups is 2. The van der Waals surface area contributed by atoms with Crippen LogP contribution in [0.5, 0.6) is 0 Å². The molecule has 0 aliphatic rings. The second kappa shape index (κ2) is 27.7. The van der Waals surface area contributed by atoms with Crippen LogP contribution in [-0.2, 0) is 48.2 Å². The Balaban J connectivity index is 0.000000314. The summed E-state index contributed by atoms with van der Waals surface area (Å²) in [5, 5.41) is 36.1. The Morgan fingerprint density at radius 3 is 2.08 bits per heavy atom. The van der Waals surface area contributed by atoms with Crippen LogP contribution in [0.15, 0.2) is 102 Å². The van der Waals surface area contributed by atoms with Crippen LogP contribution >= 0.6 is 23.6 Å². The summed E-state index contributed by atoms with van der Waals surface area (Å²) in [5.41, 5.74) is 4.64. The van der Waals surface area contributed by atoms with Gasteiger partial charge in [-0.25, -0.2) is 19.7 Å². The number of alkyl halides is 3. The van der Waals surface area contributed by atoms with E-state index in [4.69, 9.17) is 28.5 Å². The van der Waals surface area contributed by atoms with Crippen molar-refractivity contribution in [3.05, 3.63) is 153 Å². The molecule has 14 nitrogen and oxygen atoms in total. The number of hydrogen-bond donors (Lipinski definition) is 2. The van der Waals surface area contributed by atoms with Crippen molar-refractivity contribution in [3.8, 4) is 44.7 Å². The number of pyridine rings is 3. The van der Waals surface area contributed by atoms with Crippen molar-refractivity contribution < 1.29 is 52.5 Å². The second-order valence-electron chi connectivity index (χ2n) is 15.4. The molecule has 0 aliphatic heterocycles. The normalized spacial score (nSPS) is 11.2. The number of carboxylic acids is 2. The average molecular weight is 1080 g/mol. The molecule has 0 amide bonds. The van der Waals surface area contributed by atoms with E-state index in [9.17, 15) is 33.0 Å². The maximum absolute atomic E-state index is 12.7. The van der Waals surface area contributed by atoms with Crippen LogP contribution in [-0.4, -0.2) is 56.9 Å². The number of isothiocyanates is 1. The first-order chi connectivity index (χ1) is 33.7. The molecule has 1 aromatic carbocycles. The van der Waals surface area contributed by atoms with Crippen molar-refractivity contribution in [1.82, 2.24) is 34.7 Å². The van der Waals surface area contributed by atoms with Crippen molar-refractivity contribution in [2.24, 2.45) is 0 Å². The van der Waals surface area contributed by atoms with E-state index < -0.39 is 35.2 Å². The molecule has 6 aromatic heterocycles. The van der Waals surface area contributed by atoms with Gasteiger partial charge in [0, 0.05) is 23.8 Å². The summed E-state index contributed by atoms with van der Waals surface area (Å²) >= 11 is 5.34. The van der Waals surface area contributed by atoms with E-state index in [1.54, 1.807) is 47.9 Å². The number of aliphatic carboxylic acids is 2. The number of aromatic nitrogens is 7. The van der Waals surface area contributed by atoms with Gasteiger partial charge >= 0.3 is 37.6 Å². The maximum atomic E-state index is 12.7. The first-order valence-electron chi connectivity index (χ1n) is 22.0. The van der Waals surface area contributed by atoms with Gasteiger partial charge in [0.1, 0.15) is 11.4 Å². The molecule has 0 bridgehead atoms. The molecule has 0 atom stereocenters. The van der Waals surface area contributed by atoms with E-state index in [1.165, 1.54) is 48.3 Å². The first-order valence-corrected chi connectivity index (χ1v) is 23.2. The Hall–Kier alpha value is -7.34. The number of thiocarbonyl (C=S) groups is 1. The van der Waals surface area contributed by atoms with Gasteiger partial charge in [-0.15, -0.1) is 11.3 Å². The molecule has 20 heteroatoms. The number of benzene rings is 1. The van der Waals surface area contributed by atoms with Crippen LogP contribution in [0, 0.1) is 13.1 Å². The van der Waals surface area contributed by atoms with Crippen LogP contribution < -0.4 is 5.10 Å². The summed E-state index contributed by atoms with van der Waals surface area (Å²) in [6.07, 6.45) is 11.1. The minimum absolute atomic E-state index is 0. The zero-order chi connectivity index (χ0) is 50.6. The third kappa shape index (κ3) is 15.8. The molecule has 0 saturated carbocycles. The zero-order valence-corrected chi connectivity index (χ0v) is 41.7. The Morgan fingerprint density at radius 1 is 0.817 bits per heavy atom. The molecule has 0 saturated heterocycles. The summed E-state index contributed by atoms with van der Waals surface area (Å²) in [6, 6.07) is 20.9. The van der Waals surface area contributed by atoms with E-state index in [1.807, 2.05) is 30.3 Å². The van der Waals surface area contributed by atoms with Crippen molar-refractivity contribution >= 4 is 63.8 Å². The van der Waals surface area contributed by atoms with Crippen molar-refractivity contribution in [2.45, 2.75) is 84.4 Å². The van der Waals surface area contributed by atoms with Crippen LogP contribution in [0.25, 0.3) is 83.0 Å². The Bertz CT molecular complexity index is 3120. The maximum Gasteiger partial charge on any atom is 2.00 e. The van der Waals surface area contributed by atoms with Gasteiger partial charge in [0.15, 0.2) is 5.82 Å². The van der Waals surface area contributed by atoms with Crippen molar-refractivity contribution in [2.75, 3.05) is 0 Å².